The summed E-state index contributed by atoms with van der Waals surface area (Å²) in [6.07, 6.45) is 2.38. The van der Waals surface area contributed by atoms with Crippen LogP contribution in [0, 0.1) is 6.92 Å². The van der Waals surface area contributed by atoms with Gasteiger partial charge in [0.2, 0.25) is 0 Å². The Morgan fingerprint density at radius 1 is 0.969 bits per heavy atom. The van der Waals surface area contributed by atoms with Crippen molar-refractivity contribution in [2.75, 3.05) is 29.8 Å². The SMILES string of the molecule is COC1CCCN(c2ccc(NS(=O)(=O)c3ccc(Oc4cccc(C)c4)cc3)cc2)C1. The van der Waals surface area contributed by atoms with Crippen LogP contribution in [0.2, 0.25) is 0 Å². The fourth-order valence-corrected chi connectivity index (χ4v) is 4.88. The topological polar surface area (TPSA) is 67.9 Å². The summed E-state index contributed by atoms with van der Waals surface area (Å²) in [7, 11) is -1.96. The van der Waals surface area contributed by atoms with E-state index in [0.29, 0.717) is 17.2 Å². The standard InChI is InChI=1S/C25H28N2O4S/c1-19-5-3-6-23(17-19)31-22-12-14-25(15-13-22)32(28,29)26-20-8-10-21(11-9-20)27-16-4-7-24(18-27)30-2/h3,5-6,8-15,17,24,26H,4,7,16,18H2,1-2H3. The summed E-state index contributed by atoms with van der Waals surface area (Å²) < 4.78 is 39.5. The average molecular weight is 453 g/mol. The third-order valence-electron chi connectivity index (χ3n) is 5.56. The lowest BCUT2D eigenvalue weighted by molar-refractivity contribution is 0.0893. The number of sulfonamides is 1. The number of nitrogens with one attached hydrogen (secondary N) is 1. The molecule has 3 aromatic rings. The van der Waals surface area contributed by atoms with E-state index in [-0.39, 0.29) is 11.0 Å². The average Bonchev–Trinajstić information content (AvgIpc) is 2.80. The summed E-state index contributed by atoms with van der Waals surface area (Å²) in [5.74, 6) is 1.29. The van der Waals surface area contributed by atoms with Gasteiger partial charge in [-0.3, -0.25) is 4.72 Å². The molecule has 6 nitrogen and oxygen atoms in total. The van der Waals surface area contributed by atoms with E-state index < -0.39 is 10.0 Å². The van der Waals surface area contributed by atoms with Gasteiger partial charge in [-0.15, -0.1) is 0 Å². The number of hydrogen-bond acceptors (Lipinski definition) is 5. The van der Waals surface area contributed by atoms with Crippen LogP contribution in [-0.4, -0.2) is 34.7 Å². The highest BCUT2D eigenvalue weighted by Gasteiger charge is 2.20. The number of methoxy groups -OCH3 is 1. The first-order chi connectivity index (χ1) is 15.4. The molecule has 0 saturated carbocycles. The second-order valence-corrected chi connectivity index (χ2v) is 9.67. The van der Waals surface area contributed by atoms with Crippen molar-refractivity contribution in [1.82, 2.24) is 0 Å². The predicted octanol–water partition coefficient (Wildman–Crippen LogP) is 5.20. The lowest BCUT2D eigenvalue weighted by Gasteiger charge is -2.33. The van der Waals surface area contributed by atoms with E-state index in [0.717, 1.165) is 37.2 Å². The smallest absolute Gasteiger partial charge is 0.261 e. The normalized spacial score (nSPS) is 16.6. The van der Waals surface area contributed by atoms with Gasteiger partial charge in [-0.05, 0) is 86.0 Å². The van der Waals surface area contributed by atoms with E-state index in [9.17, 15) is 8.42 Å². The molecular weight excluding hydrogens is 424 g/mol. The first kappa shape index (κ1) is 22.2. The second kappa shape index (κ2) is 9.63. The zero-order chi connectivity index (χ0) is 22.6. The van der Waals surface area contributed by atoms with Crippen molar-refractivity contribution in [2.45, 2.75) is 30.8 Å². The second-order valence-electron chi connectivity index (χ2n) is 7.99. The molecule has 7 heteroatoms. The Labute approximate surface area is 189 Å². The lowest BCUT2D eigenvalue weighted by atomic mass is 10.1. The molecule has 0 spiro atoms. The van der Waals surface area contributed by atoms with Crippen molar-refractivity contribution in [2.24, 2.45) is 0 Å². The highest BCUT2D eigenvalue weighted by molar-refractivity contribution is 7.92. The molecule has 1 saturated heterocycles. The van der Waals surface area contributed by atoms with Crippen molar-refractivity contribution < 1.29 is 17.9 Å². The number of ether oxygens (including phenoxy) is 2. The van der Waals surface area contributed by atoms with Crippen LogP contribution >= 0.6 is 0 Å². The molecule has 1 heterocycles. The van der Waals surface area contributed by atoms with Crippen molar-refractivity contribution in [3.05, 3.63) is 78.4 Å². The molecule has 0 bridgehead atoms. The predicted molar refractivity (Wildman–Crippen MR) is 127 cm³/mol. The summed E-state index contributed by atoms with van der Waals surface area (Å²) in [4.78, 5) is 2.44. The van der Waals surface area contributed by atoms with E-state index in [1.165, 1.54) is 0 Å². The summed E-state index contributed by atoms with van der Waals surface area (Å²) in [5, 5.41) is 0. The zero-order valence-electron chi connectivity index (χ0n) is 18.3. The fourth-order valence-electron chi connectivity index (χ4n) is 3.82. The van der Waals surface area contributed by atoms with Crippen LogP contribution in [0.15, 0.2) is 77.7 Å². The van der Waals surface area contributed by atoms with Gasteiger partial charge in [-0.2, -0.15) is 0 Å². The van der Waals surface area contributed by atoms with Crippen LogP contribution < -0.4 is 14.4 Å². The summed E-state index contributed by atoms with van der Waals surface area (Å²) in [6.45, 7) is 3.81. The molecule has 0 amide bonds. The van der Waals surface area contributed by atoms with E-state index in [4.69, 9.17) is 9.47 Å². The Morgan fingerprint density at radius 2 is 1.72 bits per heavy atom. The summed E-state index contributed by atoms with van der Waals surface area (Å²) in [5.41, 5.74) is 2.68. The highest BCUT2D eigenvalue weighted by atomic mass is 32.2. The van der Waals surface area contributed by atoms with Crippen LogP contribution in [0.25, 0.3) is 0 Å². The largest absolute Gasteiger partial charge is 0.457 e. The number of anilines is 2. The first-order valence-electron chi connectivity index (χ1n) is 10.7. The third kappa shape index (κ3) is 5.41. The molecule has 1 aliphatic heterocycles. The van der Waals surface area contributed by atoms with Gasteiger partial charge in [-0.1, -0.05) is 12.1 Å². The Morgan fingerprint density at radius 3 is 2.41 bits per heavy atom. The molecule has 168 valence electrons. The van der Waals surface area contributed by atoms with Gasteiger partial charge < -0.3 is 14.4 Å². The number of aryl methyl sites for hydroxylation is 1. The van der Waals surface area contributed by atoms with Crippen LogP contribution in [0.4, 0.5) is 11.4 Å². The molecule has 0 aromatic heterocycles. The molecule has 0 radical (unpaired) electrons. The molecule has 1 N–H and O–H groups in total. The van der Waals surface area contributed by atoms with Gasteiger partial charge in [0, 0.05) is 31.6 Å². The molecule has 1 unspecified atom stereocenters. The number of piperidine rings is 1. The molecule has 1 atom stereocenters. The van der Waals surface area contributed by atoms with Crippen LogP contribution in [0.5, 0.6) is 11.5 Å². The Bertz CT molecular complexity index is 1150. The van der Waals surface area contributed by atoms with Crippen LogP contribution in [-0.2, 0) is 14.8 Å². The Balaban J connectivity index is 1.41. The minimum absolute atomic E-state index is 0.178. The van der Waals surface area contributed by atoms with Crippen molar-refractivity contribution in [3.63, 3.8) is 0 Å². The first-order valence-corrected chi connectivity index (χ1v) is 12.2. The van der Waals surface area contributed by atoms with Crippen molar-refractivity contribution in [1.29, 1.82) is 0 Å². The number of nitrogens with zero attached hydrogens (tertiary/aromatic N) is 1. The van der Waals surface area contributed by atoms with Gasteiger partial charge >= 0.3 is 0 Å². The maximum Gasteiger partial charge on any atom is 0.261 e. The number of hydrogen-bond donors (Lipinski definition) is 1. The van der Waals surface area contributed by atoms with Gasteiger partial charge in [0.25, 0.3) is 10.0 Å². The van der Waals surface area contributed by atoms with Gasteiger partial charge in [0.15, 0.2) is 0 Å². The summed E-state index contributed by atoms with van der Waals surface area (Å²) in [6, 6.07) is 21.5. The molecule has 1 fully saturated rings. The monoisotopic (exact) mass is 452 g/mol. The Kier molecular flexibility index (Phi) is 6.67. The minimum Gasteiger partial charge on any atom is -0.457 e. The molecule has 32 heavy (non-hydrogen) atoms. The quantitative estimate of drug-likeness (QED) is 0.533. The van der Waals surface area contributed by atoms with E-state index in [2.05, 4.69) is 9.62 Å². The molecule has 0 aliphatic carbocycles. The fraction of sp³-hybridized carbons (Fsp3) is 0.280. The maximum absolute atomic E-state index is 12.8. The minimum atomic E-state index is -3.70. The van der Waals surface area contributed by atoms with Crippen molar-refractivity contribution >= 4 is 21.4 Å². The molecule has 3 aromatic carbocycles. The molecule has 4 rings (SSSR count). The maximum atomic E-state index is 12.8. The van der Waals surface area contributed by atoms with Crippen LogP contribution in [0.1, 0.15) is 18.4 Å². The van der Waals surface area contributed by atoms with Crippen LogP contribution in [0.3, 0.4) is 0 Å². The van der Waals surface area contributed by atoms with Crippen molar-refractivity contribution in [3.8, 4) is 11.5 Å². The lowest BCUT2D eigenvalue weighted by Crippen LogP contribution is -2.39. The molecular formula is C25H28N2O4S. The van der Waals surface area contributed by atoms with E-state index >= 15 is 0 Å². The van der Waals surface area contributed by atoms with Gasteiger partial charge in [0.1, 0.15) is 11.5 Å². The molecule has 1 aliphatic rings. The van der Waals surface area contributed by atoms with Gasteiger partial charge in [-0.25, -0.2) is 8.42 Å². The van der Waals surface area contributed by atoms with Gasteiger partial charge in [0.05, 0.1) is 11.0 Å². The highest BCUT2D eigenvalue weighted by Crippen LogP contribution is 2.26. The third-order valence-corrected chi connectivity index (χ3v) is 6.95. The Hall–Kier alpha value is -3.03. The number of rotatable bonds is 7. The zero-order valence-corrected chi connectivity index (χ0v) is 19.1. The number of benzene rings is 3. The van der Waals surface area contributed by atoms with E-state index in [1.54, 1.807) is 43.5 Å². The van der Waals surface area contributed by atoms with E-state index in [1.807, 2.05) is 43.3 Å². The summed E-state index contributed by atoms with van der Waals surface area (Å²) >= 11 is 0.